The molecule has 0 radical (unpaired) electrons. The Morgan fingerprint density at radius 3 is 2.28 bits per heavy atom. The van der Waals surface area contributed by atoms with Gasteiger partial charge in [-0.2, -0.15) is 0 Å². The quantitative estimate of drug-likeness (QED) is 0.419. The van der Waals surface area contributed by atoms with E-state index in [0.717, 1.165) is 18.2 Å². The van der Waals surface area contributed by atoms with E-state index in [9.17, 15) is 25.0 Å². The molecule has 0 spiro atoms. The van der Waals surface area contributed by atoms with E-state index in [2.05, 4.69) is 0 Å². The average Bonchev–Trinajstić information content (AvgIpc) is 2.36. The third kappa shape index (κ3) is 2.31. The van der Waals surface area contributed by atoms with Crippen LogP contribution < -0.4 is 11.5 Å². The van der Waals surface area contributed by atoms with Crippen LogP contribution >= 0.6 is 0 Å². The van der Waals surface area contributed by atoms with Gasteiger partial charge >= 0.3 is 0 Å². The lowest BCUT2D eigenvalue weighted by atomic mass is 9.91. The molecule has 1 atom stereocenters. The van der Waals surface area contributed by atoms with Crippen LogP contribution in [0.25, 0.3) is 0 Å². The van der Waals surface area contributed by atoms with Crippen molar-refractivity contribution in [2.45, 2.75) is 5.54 Å². The van der Waals surface area contributed by atoms with Crippen LogP contribution in [-0.4, -0.2) is 22.7 Å². The summed E-state index contributed by atoms with van der Waals surface area (Å²) in [6.07, 6.45) is 0.279. The summed E-state index contributed by atoms with van der Waals surface area (Å²) in [5.74, 6) is 0. The van der Waals surface area contributed by atoms with Gasteiger partial charge in [0.1, 0.15) is 11.8 Å². The summed E-state index contributed by atoms with van der Waals surface area (Å²) in [5.41, 5.74) is 7.95. The molecular formula is C9H10N4O5. The molecule has 96 valence electrons. The van der Waals surface area contributed by atoms with Crippen LogP contribution in [0.4, 0.5) is 11.4 Å². The van der Waals surface area contributed by atoms with Gasteiger partial charge in [-0.05, 0) is 6.07 Å². The largest absolute Gasteiger partial charge is 0.328 e. The van der Waals surface area contributed by atoms with Gasteiger partial charge in [0.15, 0.2) is 0 Å². The van der Waals surface area contributed by atoms with E-state index in [4.69, 9.17) is 11.5 Å². The summed E-state index contributed by atoms with van der Waals surface area (Å²) in [6.45, 7) is -0.352. The number of rotatable bonds is 5. The topological polar surface area (TPSA) is 155 Å². The van der Waals surface area contributed by atoms with Crippen LogP contribution in [0.5, 0.6) is 0 Å². The minimum atomic E-state index is -1.74. The Morgan fingerprint density at radius 1 is 1.28 bits per heavy atom. The second-order valence-electron chi connectivity index (χ2n) is 3.58. The smallest absolute Gasteiger partial charge is 0.281 e. The van der Waals surface area contributed by atoms with E-state index < -0.39 is 26.8 Å². The second kappa shape index (κ2) is 4.85. The molecule has 1 rings (SSSR count). The highest BCUT2D eigenvalue weighted by Gasteiger charge is 2.34. The number of hydrogen-bond acceptors (Lipinski definition) is 7. The minimum absolute atomic E-state index is 0.157. The van der Waals surface area contributed by atoms with Crippen molar-refractivity contribution >= 4 is 17.7 Å². The molecule has 0 aliphatic rings. The highest BCUT2D eigenvalue weighted by molar-refractivity contribution is 5.72. The maximum absolute atomic E-state index is 10.9. The second-order valence-corrected chi connectivity index (χ2v) is 3.58. The minimum Gasteiger partial charge on any atom is -0.328 e. The van der Waals surface area contributed by atoms with Gasteiger partial charge in [-0.3, -0.25) is 20.2 Å². The van der Waals surface area contributed by atoms with Crippen LogP contribution in [0.1, 0.15) is 5.56 Å². The molecule has 0 saturated heterocycles. The number of nitrogens with two attached hydrogens (primary N) is 2. The van der Waals surface area contributed by atoms with Gasteiger partial charge in [0.2, 0.25) is 0 Å². The van der Waals surface area contributed by atoms with E-state index in [1.807, 2.05) is 0 Å². The SMILES string of the molecule is NCC(N)(C=O)c1ccc([N+](=O)[O-])cc1[N+](=O)[O-]. The van der Waals surface area contributed by atoms with E-state index in [1.54, 1.807) is 0 Å². The first-order valence-electron chi connectivity index (χ1n) is 4.74. The molecule has 0 aliphatic heterocycles. The molecule has 4 N–H and O–H groups in total. The molecule has 9 nitrogen and oxygen atoms in total. The number of nitro groups is 2. The predicted molar refractivity (Wildman–Crippen MR) is 60.7 cm³/mol. The molecule has 0 aliphatic carbocycles. The zero-order chi connectivity index (χ0) is 13.9. The molecule has 0 aromatic heterocycles. The Morgan fingerprint density at radius 2 is 1.89 bits per heavy atom. The summed E-state index contributed by atoms with van der Waals surface area (Å²) in [7, 11) is 0. The van der Waals surface area contributed by atoms with Crippen molar-refractivity contribution in [3.63, 3.8) is 0 Å². The van der Waals surface area contributed by atoms with Gasteiger partial charge in [-0.25, -0.2) is 0 Å². The molecule has 0 heterocycles. The fourth-order valence-electron chi connectivity index (χ4n) is 1.40. The molecule has 18 heavy (non-hydrogen) atoms. The number of non-ortho nitro benzene ring substituents is 1. The van der Waals surface area contributed by atoms with E-state index in [-0.39, 0.29) is 18.4 Å². The van der Waals surface area contributed by atoms with Crippen LogP contribution in [0.15, 0.2) is 18.2 Å². The Labute approximate surface area is 101 Å². The summed E-state index contributed by atoms with van der Waals surface area (Å²) in [4.78, 5) is 30.6. The van der Waals surface area contributed by atoms with Crippen molar-refractivity contribution in [2.75, 3.05) is 6.54 Å². The Balaban J connectivity index is 3.50. The predicted octanol–water partition coefficient (Wildman–Crippen LogP) is -0.185. The van der Waals surface area contributed by atoms with Gasteiger partial charge in [0.05, 0.1) is 21.5 Å². The van der Waals surface area contributed by atoms with Gasteiger partial charge in [0.25, 0.3) is 11.4 Å². The van der Waals surface area contributed by atoms with Gasteiger partial charge in [-0.15, -0.1) is 0 Å². The third-order valence-corrected chi connectivity index (χ3v) is 2.44. The maximum atomic E-state index is 10.9. The van der Waals surface area contributed by atoms with Crippen molar-refractivity contribution in [1.82, 2.24) is 0 Å². The maximum Gasteiger partial charge on any atom is 0.281 e. The Kier molecular flexibility index (Phi) is 3.69. The average molecular weight is 254 g/mol. The summed E-state index contributed by atoms with van der Waals surface area (Å²) in [6, 6.07) is 2.84. The molecule has 0 fully saturated rings. The molecule has 0 amide bonds. The van der Waals surface area contributed by atoms with Crippen molar-refractivity contribution in [2.24, 2.45) is 11.5 Å². The van der Waals surface area contributed by atoms with Crippen LogP contribution in [0.3, 0.4) is 0 Å². The lowest BCUT2D eigenvalue weighted by Gasteiger charge is -2.20. The first-order chi connectivity index (χ1) is 8.35. The van der Waals surface area contributed by atoms with Gasteiger partial charge in [-0.1, -0.05) is 0 Å². The Hall–Kier alpha value is -2.39. The molecule has 0 bridgehead atoms. The van der Waals surface area contributed by atoms with Crippen LogP contribution in [0.2, 0.25) is 0 Å². The van der Waals surface area contributed by atoms with Crippen molar-refractivity contribution in [1.29, 1.82) is 0 Å². The number of nitrogens with zero attached hydrogens (tertiary/aromatic N) is 2. The van der Waals surface area contributed by atoms with Gasteiger partial charge in [0, 0.05) is 12.6 Å². The first-order valence-corrected chi connectivity index (χ1v) is 4.74. The molecule has 0 saturated carbocycles. The monoisotopic (exact) mass is 254 g/mol. The number of aldehydes is 1. The molecule has 1 aromatic rings. The summed E-state index contributed by atoms with van der Waals surface area (Å²) >= 11 is 0. The molecule has 1 unspecified atom stereocenters. The highest BCUT2D eigenvalue weighted by Crippen LogP contribution is 2.30. The highest BCUT2D eigenvalue weighted by atomic mass is 16.6. The lowest BCUT2D eigenvalue weighted by molar-refractivity contribution is -0.394. The normalized spacial score (nSPS) is 13.7. The van der Waals surface area contributed by atoms with Crippen LogP contribution in [-0.2, 0) is 10.3 Å². The fraction of sp³-hybridized carbons (Fsp3) is 0.222. The third-order valence-electron chi connectivity index (χ3n) is 2.44. The van der Waals surface area contributed by atoms with Crippen molar-refractivity contribution in [3.8, 4) is 0 Å². The fourth-order valence-corrected chi connectivity index (χ4v) is 1.40. The van der Waals surface area contributed by atoms with Crippen molar-refractivity contribution in [3.05, 3.63) is 44.0 Å². The summed E-state index contributed by atoms with van der Waals surface area (Å²) < 4.78 is 0. The van der Waals surface area contributed by atoms with E-state index in [1.165, 1.54) is 0 Å². The number of benzene rings is 1. The van der Waals surface area contributed by atoms with Crippen molar-refractivity contribution < 1.29 is 14.6 Å². The van der Waals surface area contributed by atoms with Crippen LogP contribution in [0, 0.1) is 20.2 Å². The number of hydrogen-bond donors (Lipinski definition) is 2. The van der Waals surface area contributed by atoms with E-state index >= 15 is 0 Å². The zero-order valence-electron chi connectivity index (χ0n) is 9.11. The number of carbonyl (C=O) groups is 1. The zero-order valence-corrected chi connectivity index (χ0v) is 9.11. The summed E-state index contributed by atoms with van der Waals surface area (Å²) in [5, 5.41) is 21.4. The number of nitro benzene ring substituents is 2. The molecule has 1 aromatic carbocycles. The number of carbonyl (C=O) groups excluding carboxylic acids is 1. The lowest BCUT2D eigenvalue weighted by Crippen LogP contribution is -2.45. The first kappa shape index (κ1) is 13.7. The molecular weight excluding hydrogens is 244 g/mol. The van der Waals surface area contributed by atoms with E-state index in [0.29, 0.717) is 0 Å². The standard InChI is InChI=1S/C9H10N4O5/c10-4-9(11,5-14)7-2-1-6(12(15)16)3-8(7)13(17)18/h1-3,5H,4,10-11H2. The Bertz CT molecular complexity index is 518. The molecule has 9 heteroatoms. The van der Waals surface area contributed by atoms with Gasteiger partial charge < -0.3 is 16.3 Å².